The molecule has 0 rings (SSSR count). The molecular weight excluding hydrogens is 128 g/mol. The lowest BCUT2D eigenvalue weighted by Gasteiger charge is -1.92. The Morgan fingerprint density at radius 1 is 1.62 bits per heavy atom. The first-order chi connectivity index (χ1) is 3.56. The highest BCUT2D eigenvalue weighted by atomic mass is 32.2. The Balaban J connectivity index is 3.42. The van der Waals surface area contributed by atoms with Crippen molar-refractivity contribution in [2.75, 3.05) is 18.6 Å². The summed E-state index contributed by atoms with van der Waals surface area (Å²) in [6.45, 7) is -0.0428. The number of sulfone groups is 1. The zero-order chi connectivity index (χ0) is 6.62. The molecular formula is C4H7O3S. The summed E-state index contributed by atoms with van der Waals surface area (Å²) in [5.41, 5.74) is 0. The van der Waals surface area contributed by atoms with E-state index in [2.05, 4.69) is 4.74 Å². The molecule has 0 aromatic heterocycles. The van der Waals surface area contributed by atoms with Gasteiger partial charge in [-0.1, -0.05) is 0 Å². The predicted molar refractivity (Wildman–Crippen MR) is 28.9 cm³/mol. The van der Waals surface area contributed by atoms with Crippen LogP contribution in [0.5, 0.6) is 0 Å². The van der Waals surface area contributed by atoms with Gasteiger partial charge in [0.15, 0.2) is 7.11 Å². The maximum atomic E-state index is 10.2. The largest absolute Gasteiger partial charge is 0.364 e. The number of hydrogen-bond acceptors (Lipinski definition) is 3. The fraction of sp³-hybridized carbons (Fsp3) is 0.750. The molecule has 0 aromatic rings. The summed E-state index contributed by atoms with van der Waals surface area (Å²) >= 11 is 0. The van der Waals surface area contributed by atoms with Gasteiger partial charge in [0.1, 0.15) is 9.84 Å². The molecule has 0 atom stereocenters. The molecule has 0 aliphatic heterocycles. The average Bonchev–Trinajstić information content (AvgIpc) is 1.59. The standard InChI is InChI=1S/C4H7O3S/c1-7-3-4-8(2,5)6/h3-4H2,2H3. The zero-order valence-corrected chi connectivity index (χ0v) is 5.36. The topological polar surface area (TPSA) is 43.4 Å². The molecule has 0 N–H and O–H groups in total. The lowest BCUT2D eigenvalue weighted by atomic mass is 10.9. The normalized spacial score (nSPS) is 11.8. The molecule has 0 heterocycles. The molecule has 4 heteroatoms. The lowest BCUT2D eigenvalue weighted by molar-refractivity contribution is 0.263. The summed E-state index contributed by atoms with van der Waals surface area (Å²) in [5.74, 6) is -0.0729. The minimum absolute atomic E-state index is 0.0428. The molecule has 8 heavy (non-hydrogen) atoms. The summed E-state index contributed by atoms with van der Waals surface area (Å²) < 4.78 is 24.2. The van der Waals surface area contributed by atoms with Gasteiger partial charge in [0.2, 0.25) is 0 Å². The second-order valence-electron chi connectivity index (χ2n) is 1.48. The van der Waals surface area contributed by atoms with Crippen molar-refractivity contribution >= 4 is 9.84 Å². The Morgan fingerprint density at radius 3 is 2.25 bits per heavy atom. The molecule has 0 fully saturated rings. The minimum Gasteiger partial charge on any atom is -0.364 e. The zero-order valence-electron chi connectivity index (χ0n) is 4.55. The Bertz CT molecular complexity index is 135. The van der Waals surface area contributed by atoms with Gasteiger partial charge in [0.25, 0.3) is 0 Å². The van der Waals surface area contributed by atoms with Crippen molar-refractivity contribution in [1.29, 1.82) is 0 Å². The Labute approximate surface area is 49.6 Å². The van der Waals surface area contributed by atoms with Crippen LogP contribution in [-0.4, -0.2) is 27.0 Å². The van der Waals surface area contributed by atoms with E-state index in [0.717, 1.165) is 6.26 Å². The van der Waals surface area contributed by atoms with Crippen LogP contribution in [0, 0.1) is 7.11 Å². The van der Waals surface area contributed by atoms with E-state index in [1.54, 1.807) is 0 Å². The van der Waals surface area contributed by atoms with Gasteiger partial charge in [-0.05, 0) is 0 Å². The fourth-order valence-corrected chi connectivity index (χ4v) is 0.579. The van der Waals surface area contributed by atoms with E-state index in [-0.39, 0.29) is 12.4 Å². The number of hydrogen-bond donors (Lipinski definition) is 0. The smallest absolute Gasteiger partial charge is 0.173 e. The molecule has 0 saturated carbocycles. The molecule has 0 aliphatic carbocycles. The quantitative estimate of drug-likeness (QED) is 0.528. The Morgan fingerprint density at radius 2 is 2.12 bits per heavy atom. The molecule has 0 aliphatic rings. The van der Waals surface area contributed by atoms with Crippen LogP contribution < -0.4 is 0 Å². The van der Waals surface area contributed by atoms with Crippen molar-refractivity contribution < 1.29 is 13.2 Å². The molecule has 0 aromatic carbocycles. The van der Waals surface area contributed by atoms with E-state index in [0.29, 0.717) is 0 Å². The second kappa shape index (κ2) is 3.04. The molecule has 0 saturated heterocycles. The van der Waals surface area contributed by atoms with Gasteiger partial charge in [-0.15, -0.1) is 0 Å². The first kappa shape index (κ1) is 7.91. The van der Waals surface area contributed by atoms with Gasteiger partial charge in [-0.3, -0.25) is 0 Å². The average molecular weight is 135 g/mol. The maximum absolute atomic E-state index is 10.2. The van der Waals surface area contributed by atoms with E-state index in [9.17, 15) is 8.42 Å². The maximum Gasteiger partial charge on any atom is 0.173 e. The predicted octanol–water partition coefficient (Wildman–Crippen LogP) is -0.407. The van der Waals surface area contributed by atoms with Crippen LogP contribution in [0.25, 0.3) is 0 Å². The third-order valence-electron chi connectivity index (χ3n) is 0.556. The van der Waals surface area contributed by atoms with Crippen LogP contribution in [0.15, 0.2) is 0 Å². The number of rotatable bonds is 3. The molecule has 0 bridgehead atoms. The summed E-state index contributed by atoms with van der Waals surface area (Å²) in [4.78, 5) is 0. The number of ether oxygens (including phenoxy) is 1. The summed E-state index contributed by atoms with van der Waals surface area (Å²) in [6, 6.07) is 0. The molecule has 3 radical (unpaired) electrons. The molecule has 0 amide bonds. The second-order valence-corrected chi connectivity index (χ2v) is 3.74. The summed E-state index contributed by atoms with van der Waals surface area (Å²) in [6.07, 6.45) is 1.10. The lowest BCUT2D eigenvalue weighted by Crippen LogP contribution is -2.07. The van der Waals surface area contributed by atoms with Gasteiger partial charge in [0, 0.05) is 6.26 Å². The van der Waals surface area contributed by atoms with Crippen molar-refractivity contribution in [1.82, 2.24) is 0 Å². The fourth-order valence-electron chi connectivity index (χ4n) is 0.193. The highest BCUT2D eigenvalue weighted by molar-refractivity contribution is 7.90. The van der Waals surface area contributed by atoms with E-state index in [1.807, 2.05) is 0 Å². The SMILES string of the molecule is [C]OCCS(C)(=O)=O. The van der Waals surface area contributed by atoms with Crippen molar-refractivity contribution in [2.24, 2.45) is 0 Å². The molecule has 0 unspecified atom stereocenters. The van der Waals surface area contributed by atoms with Gasteiger partial charge in [-0.2, -0.15) is 0 Å². The first-order valence-electron chi connectivity index (χ1n) is 2.02. The van der Waals surface area contributed by atoms with Crippen molar-refractivity contribution in [3.05, 3.63) is 7.11 Å². The van der Waals surface area contributed by atoms with Crippen LogP contribution in [0.1, 0.15) is 0 Å². The van der Waals surface area contributed by atoms with Gasteiger partial charge in [-0.25, -0.2) is 8.42 Å². The molecule has 47 valence electrons. The monoisotopic (exact) mass is 135 g/mol. The van der Waals surface area contributed by atoms with Crippen LogP contribution in [-0.2, 0) is 14.6 Å². The molecule has 0 spiro atoms. The van der Waals surface area contributed by atoms with Crippen LogP contribution in [0.4, 0.5) is 0 Å². The van der Waals surface area contributed by atoms with Crippen LogP contribution in [0.2, 0.25) is 0 Å². The minimum atomic E-state index is -2.93. The first-order valence-corrected chi connectivity index (χ1v) is 4.08. The highest BCUT2D eigenvalue weighted by Crippen LogP contribution is 1.81. The van der Waals surface area contributed by atoms with Crippen molar-refractivity contribution in [2.45, 2.75) is 0 Å². The van der Waals surface area contributed by atoms with Crippen molar-refractivity contribution in [3.8, 4) is 0 Å². The molecule has 3 nitrogen and oxygen atoms in total. The third-order valence-corrected chi connectivity index (χ3v) is 1.46. The van der Waals surface area contributed by atoms with E-state index in [1.165, 1.54) is 0 Å². The van der Waals surface area contributed by atoms with Crippen LogP contribution in [0.3, 0.4) is 0 Å². The third kappa shape index (κ3) is 5.91. The van der Waals surface area contributed by atoms with E-state index < -0.39 is 9.84 Å². The van der Waals surface area contributed by atoms with Crippen molar-refractivity contribution in [3.63, 3.8) is 0 Å². The van der Waals surface area contributed by atoms with E-state index >= 15 is 0 Å². The van der Waals surface area contributed by atoms with Gasteiger partial charge in [0.05, 0.1) is 12.4 Å². The Hall–Kier alpha value is -0.0900. The summed E-state index contributed by atoms with van der Waals surface area (Å²) in [5, 5.41) is 0. The Kier molecular flexibility index (Phi) is 3.01. The van der Waals surface area contributed by atoms with Gasteiger partial charge < -0.3 is 4.74 Å². The van der Waals surface area contributed by atoms with E-state index in [4.69, 9.17) is 7.11 Å². The summed E-state index contributed by atoms with van der Waals surface area (Å²) in [7, 11) is 3.19. The highest BCUT2D eigenvalue weighted by Gasteiger charge is 1.98. The van der Waals surface area contributed by atoms with Gasteiger partial charge >= 0.3 is 0 Å². The van der Waals surface area contributed by atoms with Crippen LogP contribution >= 0.6 is 0 Å².